The SMILES string of the molecule is Brc1cnc(Br)n1C(c1ccccc1)(c1ccccc1)c1ccccc1. The lowest BCUT2D eigenvalue weighted by Gasteiger charge is -2.38. The van der Waals surface area contributed by atoms with Crippen LogP contribution in [0.5, 0.6) is 0 Å². The summed E-state index contributed by atoms with van der Waals surface area (Å²) in [5, 5.41) is 0. The molecule has 128 valence electrons. The first-order valence-corrected chi connectivity index (χ1v) is 9.89. The van der Waals surface area contributed by atoms with Gasteiger partial charge in [0.05, 0.1) is 6.20 Å². The van der Waals surface area contributed by atoms with Crippen molar-refractivity contribution in [1.82, 2.24) is 9.55 Å². The average molecular weight is 468 g/mol. The molecule has 0 fully saturated rings. The molecule has 1 aromatic heterocycles. The molecule has 0 N–H and O–H groups in total. The van der Waals surface area contributed by atoms with E-state index in [2.05, 4.69) is 114 Å². The minimum Gasteiger partial charge on any atom is -0.294 e. The van der Waals surface area contributed by atoms with Crippen molar-refractivity contribution < 1.29 is 0 Å². The highest BCUT2D eigenvalue weighted by Gasteiger charge is 2.40. The smallest absolute Gasteiger partial charge is 0.179 e. The van der Waals surface area contributed by atoms with Gasteiger partial charge in [-0.1, -0.05) is 91.0 Å². The summed E-state index contributed by atoms with van der Waals surface area (Å²) in [7, 11) is 0. The van der Waals surface area contributed by atoms with E-state index in [1.54, 1.807) is 0 Å². The molecule has 4 rings (SSSR count). The highest BCUT2D eigenvalue weighted by Crippen LogP contribution is 2.44. The van der Waals surface area contributed by atoms with E-state index in [0.29, 0.717) is 0 Å². The highest BCUT2D eigenvalue weighted by atomic mass is 79.9. The number of rotatable bonds is 4. The molecule has 0 spiro atoms. The Hall–Kier alpha value is -2.17. The van der Waals surface area contributed by atoms with Crippen LogP contribution in [-0.2, 0) is 5.54 Å². The summed E-state index contributed by atoms with van der Waals surface area (Å²) in [5.41, 5.74) is 2.93. The molecule has 26 heavy (non-hydrogen) atoms. The molecule has 2 nitrogen and oxygen atoms in total. The van der Waals surface area contributed by atoms with E-state index >= 15 is 0 Å². The maximum Gasteiger partial charge on any atom is 0.179 e. The number of hydrogen-bond donors (Lipinski definition) is 0. The summed E-state index contributed by atoms with van der Waals surface area (Å²) < 4.78 is 3.86. The van der Waals surface area contributed by atoms with Crippen LogP contribution in [0.1, 0.15) is 16.7 Å². The Bertz CT molecular complexity index is 880. The first-order chi connectivity index (χ1) is 12.7. The summed E-state index contributed by atoms with van der Waals surface area (Å²) in [6.07, 6.45) is 1.83. The van der Waals surface area contributed by atoms with Crippen LogP contribution in [0.4, 0.5) is 0 Å². The Morgan fingerprint density at radius 1 is 0.615 bits per heavy atom. The van der Waals surface area contributed by atoms with Gasteiger partial charge in [-0.05, 0) is 48.6 Å². The van der Waals surface area contributed by atoms with Crippen LogP contribution in [0.2, 0.25) is 0 Å². The van der Waals surface area contributed by atoms with Crippen LogP contribution < -0.4 is 0 Å². The fourth-order valence-electron chi connectivity index (χ4n) is 3.53. The van der Waals surface area contributed by atoms with Gasteiger partial charge >= 0.3 is 0 Å². The fourth-order valence-corrected chi connectivity index (χ4v) is 4.87. The van der Waals surface area contributed by atoms with E-state index in [0.717, 1.165) is 26.0 Å². The molecule has 0 unspecified atom stereocenters. The van der Waals surface area contributed by atoms with Crippen molar-refractivity contribution >= 4 is 31.9 Å². The van der Waals surface area contributed by atoms with Gasteiger partial charge in [0.2, 0.25) is 0 Å². The second kappa shape index (κ2) is 7.22. The minimum absolute atomic E-state index is 0.558. The van der Waals surface area contributed by atoms with Crippen LogP contribution in [-0.4, -0.2) is 9.55 Å². The van der Waals surface area contributed by atoms with Crippen LogP contribution in [0.3, 0.4) is 0 Å². The summed E-state index contributed by atoms with van der Waals surface area (Å²) in [5.74, 6) is 0. The Balaban J connectivity index is 2.19. The molecular weight excluding hydrogens is 452 g/mol. The molecule has 0 radical (unpaired) electrons. The Kier molecular flexibility index (Phi) is 4.79. The lowest BCUT2D eigenvalue weighted by atomic mass is 9.77. The van der Waals surface area contributed by atoms with E-state index in [1.807, 2.05) is 24.4 Å². The molecule has 0 saturated heterocycles. The molecule has 3 aromatic carbocycles. The van der Waals surface area contributed by atoms with Gasteiger partial charge in [0.1, 0.15) is 10.1 Å². The fraction of sp³-hybridized carbons (Fsp3) is 0.0455. The number of nitrogens with zero attached hydrogens (tertiary/aromatic N) is 2. The van der Waals surface area contributed by atoms with Crippen molar-refractivity contribution in [2.45, 2.75) is 5.54 Å². The molecular formula is C22H16Br2N2. The first kappa shape index (κ1) is 17.3. The highest BCUT2D eigenvalue weighted by molar-refractivity contribution is 9.11. The molecule has 4 heteroatoms. The van der Waals surface area contributed by atoms with E-state index in [9.17, 15) is 0 Å². The monoisotopic (exact) mass is 466 g/mol. The summed E-state index contributed by atoms with van der Waals surface area (Å²) >= 11 is 7.38. The number of benzene rings is 3. The van der Waals surface area contributed by atoms with Crippen molar-refractivity contribution in [3.05, 3.63) is 123 Å². The standard InChI is InChI=1S/C22H16Br2N2/c23-20-16-25-21(24)26(20)22(17-10-4-1-5-11-17,18-12-6-2-7-13-18)19-14-8-3-9-15-19/h1-16H. The topological polar surface area (TPSA) is 17.8 Å². The van der Waals surface area contributed by atoms with Crippen molar-refractivity contribution in [2.75, 3.05) is 0 Å². The van der Waals surface area contributed by atoms with E-state index < -0.39 is 5.54 Å². The van der Waals surface area contributed by atoms with Gasteiger partial charge in [0.15, 0.2) is 4.73 Å². The Morgan fingerprint density at radius 3 is 1.31 bits per heavy atom. The molecule has 0 amide bonds. The van der Waals surface area contributed by atoms with Crippen molar-refractivity contribution in [3.8, 4) is 0 Å². The summed E-state index contributed by atoms with van der Waals surface area (Å²) in [6, 6.07) is 31.6. The van der Waals surface area contributed by atoms with Gasteiger partial charge in [-0.3, -0.25) is 4.57 Å². The zero-order valence-electron chi connectivity index (χ0n) is 13.9. The molecule has 0 aliphatic rings. The maximum absolute atomic E-state index is 4.49. The summed E-state index contributed by atoms with van der Waals surface area (Å²) in [4.78, 5) is 4.49. The Morgan fingerprint density at radius 2 is 1.00 bits per heavy atom. The Labute approximate surface area is 169 Å². The van der Waals surface area contributed by atoms with Crippen LogP contribution in [0.25, 0.3) is 0 Å². The largest absolute Gasteiger partial charge is 0.294 e. The van der Waals surface area contributed by atoms with Gasteiger partial charge in [-0.2, -0.15) is 0 Å². The number of imidazole rings is 1. The number of halogens is 2. The summed E-state index contributed by atoms with van der Waals surface area (Å²) in [6.45, 7) is 0. The minimum atomic E-state index is -0.558. The molecule has 1 heterocycles. The second-order valence-electron chi connectivity index (χ2n) is 5.99. The van der Waals surface area contributed by atoms with Gasteiger partial charge in [0.25, 0.3) is 0 Å². The third kappa shape index (κ3) is 2.74. The van der Waals surface area contributed by atoms with Gasteiger partial charge in [-0.15, -0.1) is 0 Å². The van der Waals surface area contributed by atoms with Crippen molar-refractivity contribution in [3.63, 3.8) is 0 Å². The normalized spacial score (nSPS) is 11.5. The molecule has 0 saturated carbocycles. The average Bonchev–Trinajstić information content (AvgIpc) is 3.04. The molecule has 4 aromatic rings. The lowest BCUT2D eigenvalue weighted by molar-refractivity contribution is 0.496. The van der Waals surface area contributed by atoms with E-state index in [-0.39, 0.29) is 0 Å². The van der Waals surface area contributed by atoms with E-state index in [1.165, 1.54) is 0 Å². The number of hydrogen-bond acceptors (Lipinski definition) is 1. The van der Waals surface area contributed by atoms with Crippen molar-refractivity contribution in [1.29, 1.82) is 0 Å². The zero-order chi connectivity index (χ0) is 18.0. The lowest BCUT2D eigenvalue weighted by Crippen LogP contribution is -2.38. The van der Waals surface area contributed by atoms with Gasteiger partial charge in [0, 0.05) is 0 Å². The third-order valence-electron chi connectivity index (χ3n) is 4.59. The van der Waals surface area contributed by atoms with Crippen LogP contribution >= 0.6 is 31.9 Å². The predicted octanol–water partition coefficient (Wildman–Crippen LogP) is 6.25. The number of aromatic nitrogens is 2. The molecule has 0 aliphatic carbocycles. The van der Waals surface area contributed by atoms with Crippen molar-refractivity contribution in [2.24, 2.45) is 0 Å². The molecule has 0 atom stereocenters. The first-order valence-electron chi connectivity index (χ1n) is 8.30. The van der Waals surface area contributed by atoms with E-state index in [4.69, 9.17) is 0 Å². The second-order valence-corrected chi connectivity index (χ2v) is 7.52. The molecule has 0 bridgehead atoms. The van der Waals surface area contributed by atoms with Crippen LogP contribution in [0.15, 0.2) is 107 Å². The van der Waals surface area contributed by atoms with Gasteiger partial charge in [-0.25, -0.2) is 4.98 Å². The van der Waals surface area contributed by atoms with Crippen LogP contribution in [0, 0.1) is 0 Å². The van der Waals surface area contributed by atoms with Gasteiger partial charge < -0.3 is 0 Å². The maximum atomic E-state index is 4.49. The molecule has 0 aliphatic heterocycles. The predicted molar refractivity (Wildman–Crippen MR) is 112 cm³/mol. The zero-order valence-corrected chi connectivity index (χ0v) is 17.1. The quantitative estimate of drug-likeness (QED) is 0.324. The third-order valence-corrected chi connectivity index (χ3v) is 5.70.